The smallest absolute Gasteiger partial charge is 0.130 e. The van der Waals surface area contributed by atoms with Crippen LogP contribution in [0.1, 0.15) is 63.5 Å². The summed E-state index contributed by atoms with van der Waals surface area (Å²) in [5, 5.41) is 0. The molecule has 0 radical (unpaired) electrons. The second-order valence-corrected chi connectivity index (χ2v) is 7.90. The van der Waals surface area contributed by atoms with Crippen LogP contribution in [0.4, 0.5) is 4.39 Å². The first-order chi connectivity index (χ1) is 12.0. The predicted octanol–water partition coefficient (Wildman–Crippen LogP) is 6.45. The van der Waals surface area contributed by atoms with E-state index in [1.165, 1.54) is 44.5 Å². The Bertz CT molecular complexity index is 567. The molecule has 1 aromatic carbocycles. The first-order valence-electron chi connectivity index (χ1n) is 9.83. The SMILES string of the molecule is C=Cc1ccc(CCCCC2CCN(C(=C)CC(C)C)CC2)cc1F. The molecule has 0 saturated carbocycles. The van der Waals surface area contributed by atoms with Gasteiger partial charge in [-0.1, -0.05) is 58.1 Å². The Morgan fingerprint density at radius 1 is 1.28 bits per heavy atom. The normalized spacial score (nSPS) is 15.6. The maximum absolute atomic E-state index is 13.7. The molecule has 0 atom stereocenters. The van der Waals surface area contributed by atoms with Gasteiger partial charge in [0.15, 0.2) is 0 Å². The van der Waals surface area contributed by atoms with Crippen molar-refractivity contribution in [1.29, 1.82) is 0 Å². The summed E-state index contributed by atoms with van der Waals surface area (Å²) >= 11 is 0. The van der Waals surface area contributed by atoms with Gasteiger partial charge in [-0.2, -0.15) is 0 Å². The summed E-state index contributed by atoms with van der Waals surface area (Å²) in [5.74, 6) is 1.39. The molecule has 1 aliphatic heterocycles. The molecule has 1 aromatic rings. The van der Waals surface area contributed by atoms with Gasteiger partial charge in [0.1, 0.15) is 5.82 Å². The first kappa shape index (κ1) is 19.8. The van der Waals surface area contributed by atoms with E-state index in [2.05, 4.69) is 31.9 Å². The molecule has 0 aliphatic carbocycles. The van der Waals surface area contributed by atoms with Crippen LogP contribution < -0.4 is 0 Å². The van der Waals surface area contributed by atoms with Gasteiger partial charge in [-0.25, -0.2) is 4.39 Å². The highest BCUT2D eigenvalue weighted by molar-refractivity contribution is 5.48. The molecule has 1 fully saturated rings. The van der Waals surface area contributed by atoms with E-state index < -0.39 is 0 Å². The van der Waals surface area contributed by atoms with Gasteiger partial charge >= 0.3 is 0 Å². The van der Waals surface area contributed by atoms with Crippen molar-refractivity contribution in [3.05, 3.63) is 54.0 Å². The van der Waals surface area contributed by atoms with Crippen LogP contribution >= 0.6 is 0 Å². The third kappa shape index (κ3) is 6.34. The van der Waals surface area contributed by atoms with Gasteiger partial charge in [0, 0.05) is 24.4 Å². The second-order valence-electron chi connectivity index (χ2n) is 7.90. The minimum absolute atomic E-state index is 0.151. The summed E-state index contributed by atoms with van der Waals surface area (Å²) < 4.78 is 13.7. The molecule has 138 valence electrons. The van der Waals surface area contributed by atoms with Crippen LogP contribution in [0.3, 0.4) is 0 Å². The summed E-state index contributed by atoms with van der Waals surface area (Å²) in [6.07, 6.45) is 9.93. The number of nitrogens with zero attached hydrogens (tertiary/aromatic N) is 1. The highest BCUT2D eigenvalue weighted by atomic mass is 19.1. The van der Waals surface area contributed by atoms with Crippen molar-refractivity contribution in [3.63, 3.8) is 0 Å². The summed E-state index contributed by atoms with van der Waals surface area (Å²) in [4.78, 5) is 2.49. The molecule has 2 heteroatoms. The fraction of sp³-hybridized carbons (Fsp3) is 0.565. The fourth-order valence-corrected chi connectivity index (χ4v) is 3.79. The zero-order valence-corrected chi connectivity index (χ0v) is 16.1. The van der Waals surface area contributed by atoms with Crippen LogP contribution in [-0.2, 0) is 6.42 Å². The molecule has 0 spiro atoms. The maximum atomic E-state index is 13.7. The molecule has 2 rings (SSSR count). The number of aryl methyl sites for hydroxylation is 1. The Kier molecular flexibility index (Phi) is 7.74. The zero-order chi connectivity index (χ0) is 18.2. The molecule has 1 aliphatic rings. The van der Waals surface area contributed by atoms with E-state index in [9.17, 15) is 4.39 Å². The van der Waals surface area contributed by atoms with Crippen molar-refractivity contribution in [3.8, 4) is 0 Å². The van der Waals surface area contributed by atoms with E-state index in [4.69, 9.17) is 0 Å². The predicted molar refractivity (Wildman–Crippen MR) is 107 cm³/mol. The highest BCUT2D eigenvalue weighted by Gasteiger charge is 2.19. The molecule has 1 nitrogen and oxygen atoms in total. The van der Waals surface area contributed by atoms with E-state index in [0.717, 1.165) is 30.7 Å². The Hall–Kier alpha value is -1.57. The largest absolute Gasteiger partial charge is 0.375 e. The number of benzene rings is 1. The zero-order valence-electron chi connectivity index (χ0n) is 16.1. The standard InChI is InChI=1S/C23H34FN/c1-5-22-11-10-21(17-23(22)24)9-7-6-8-20-12-14-25(15-13-20)19(4)16-18(2)3/h5,10-11,17-18,20H,1,4,6-9,12-16H2,2-3H3. The van der Waals surface area contributed by atoms with Crippen molar-refractivity contribution in [2.24, 2.45) is 11.8 Å². The Labute approximate surface area is 153 Å². The number of allylic oxidation sites excluding steroid dienone is 1. The number of likely N-dealkylation sites (tertiary alicyclic amines) is 1. The number of halogens is 1. The summed E-state index contributed by atoms with van der Waals surface area (Å²) in [7, 11) is 0. The molecule has 0 amide bonds. The number of rotatable bonds is 9. The lowest BCUT2D eigenvalue weighted by molar-refractivity contribution is 0.208. The van der Waals surface area contributed by atoms with Gasteiger partial charge < -0.3 is 4.90 Å². The fourth-order valence-electron chi connectivity index (χ4n) is 3.79. The van der Waals surface area contributed by atoms with Crippen molar-refractivity contribution >= 4 is 6.08 Å². The van der Waals surface area contributed by atoms with Gasteiger partial charge in [-0.15, -0.1) is 0 Å². The van der Waals surface area contributed by atoms with Crippen molar-refractivity contribution in [2.45, 2.75) is 58.8 Å². The van der Waals surface area contributed by atoms with E-state index in [1.807, 2.05) is 12.1 Å². The van der Waals surface area contributed by atoms with E-state index in [-0.39, 0.29) is 5.82 Å². The Morgan fingerprint density at radius 3 is 2.60 bits per heavy atom. The Balaban J connectivity index is 1.64. The molecular weight excluding hydrogens is 309 g/mol. The lowest BCUT2D eigenvalue weighted by Gasteiger charge is -2.35. The van der Waals surface area contributed by atoms with Crippen LogP contribution in [0.15, 0.2) is 37.1 Å². The van der Waals surface area contributed by atoms with Crippen LogP contribution in [0.25, 0.3) is 6.08 Å². The highest BCUT2D eigenvalue weighted by Crippen LogP contribution is 2.26. The minimum atomic E-state index is -0.151. The lowest BCUT2D eigenvalue weighted by Crippen LogP contribution is -2.33. The van der Waals surface area contributed by atoms with Crippen LogP contribution in [0.2, 0.25) is 0 Å². The molecule has 0 bridgehead atoms. The molecule has 0 unspecified atom stereocenters. The average Bonchev–Trinajstić information content (AvgIpc) is 2.59. The topological polar surface area (TPSA) is 3.24 Å². The van der Waals surface area contributed by atoms with E-state index in [1.54, 1.807) is 12.1 Å². The number of hydrogen-bond acceptors (Lipinski definition) is 1. The number of unbranched alkanes of at least 4 members (excludes halogenated alkanes) is 1. The second kappa shape index (κ2) is 9.79. The van der Waals surface area contributed by atoms with E-state index >= 15 is 0 Å². The monoisotopic (exact) mass is 343 g/mol. The molecule has 0 aromatic heterocycles. The van der Waals surface area contributed by atoms with Gasteiger partial charge in [0.05, 0.1) is 0 Å². The van der Waals surface area contributed by atoms with E-state index in [0.29, 0.717) is 11.5 Å². The summed E-state index contributed by atoms with van der Waals surface area (Å²) in [6, 6.07) is 5.52. The Morgan fingerprint density at radius 2 is 2.00 bits per heavy atom. The van der Waals surface area contributed by atoms with Crippen LogP contribution in [0, 0.1) is 17.7 Å². The molecule has 1 heterocycles. The van der Waals surface area contributed by atoms with Crippen molar-refractivity contribution < 1.29 is 4.39 Å². The van der Waals surface area contributed by atoms with Crippen LogP contribution in [-0.4, -0.2) is 18.0 Å². The quantitative estimate of drug-likeness (QED) is 0.465. The molecule has 1 saturated heterocycles. The number of hydrogen-bond donors (Lipinski definition) is 0. The average molecular weight is 344 g/mol. The van der Waals surface area contributed by atoms with Gasteiger partial charge in [0.25, 0.3) is 0 Å². The summed E-state index contributed by atoms with van der Waals surface area (Å²) in [6.45, 7) is 14.8. The third-order valence-electron chi connectivity index (χ3n) is 5.32. The van der Waals surface area contributed by atoms with Gasteiger partial charge in [-0.05, 0) is 55.6 Å². The molecule has 0 N–H and O–H groups in total. The first-order valence-corrected chi connectivity index (χ1v) is 9.83. The third-order valence-corrected chi connectivity index (χ3v) is 5.32. The molecular formula is C23H34FN. The lowest BCUT2D eigenvalue weighted by atomic mass is 9.90. The molecule has 25 heavy (non-hydrogen) atoms. The maximum Gasteiger partial charge on any atom is 0.130 e. The summed E-state index contributed by atoms with van der Waals surface area (Å²) in [5.41, 5.74) is 3.01. The van der Waals surface area contributed by atoms with Crippen molar-refractivity contribution in [2.75, 3.05) is 13.1 Å². The van der Waals surface area contributed by atoms with Gasteiger partial charge in [-0.3, -0.25) is 0 Å². The van der Waals surface area contributed by atoms with Gasteiger partial charge in [0.2, 0.25) is 0 Å². The van der Waals surface area contributed by atoms with Crippen LogP contribution in [0.5, 0.6) is 0 Å². The number of piperidine rings is 1. The minimum Gasteiger partial charge on any atom is -0.375 e. The van der Waals surface area contributed by atoms with Crippen molar-refractivity contribution in [1.82, 2.24) is 4.90 Å².